The fourth-order valence-corrected chi connectivity index (χ4v) is 2.09. The van der Waals surface area contributed by atoms with Crippen LogP contribution in [0.3, 0.4) is 0 Å². The minimum absolute atomic E-state index is 0.338. The lowest BCUT2D eigenvalue weighted by atomic mass is 10.3. The normalized spacial score (nSPS) is 10.1. The van der Waals surface area contributed by atoms with Crippen molar-refractivity contribution < 1.29 is 0 Å². The smallest absolute Gasteiger partial charge is 0.142 e. The molecule has 2 aromatic rings. The number of hydrogen-bond donors (Lipinski definition) is 0. The molecule has 0 aliphatic carbocycles. The molecule has 0 N–H and O–H groups in total. The predicted molar refractivity (Wildman–Crippen MR) is 63.5 cm³/mol. The van der Waals surface area contributed by atoms with Crippen molar-refractivity contribution in [1.29, 1.82) is 5.26 Å². The number of nitrogens with zero attached hydrogens (tertiary/aromatic N) is 4. The van der Waals surface area contributed by atoms with Crippen LogP contribution in [0.15, 0.2) is 29.1 Å². The van der Waals surface area contributed by atoms with Gasteiger partial charge in [-0.15, -0.1) is 0 Å². The molecule has 0 spiro atoms. The van der Waals surface area contributed by atoms with Crippen LogP contribution in [0.4, 0.5) is 0 Å². The highest BCUT2D eigenvalue weighted by molar-refractivity contribution is 9.10. The number of rotatable bonds is 2. The zero-order chi connectivity index (χ0) is 11.5. The fraction of sp³-hybridized carbons (Fsp3) is 0.182. The molecule has 0 unspecified atom stereocenters. The van der Waals surface area contributed by atoms with Crippen LogP contribution in [-0.2, 0) is 13.5 Å². The van der Waals surface area contributed by atoms with Crippen molar-refractivity contribution in [2.24, 2.45) is 7.05 Å². The van der Waals surface area contributed by atoms with Crippen LogP contribution in [-0.4, -0.2) is 14.5 Å². The maximum Gasteiger partial charge on any atom is 0.142 e. The number of halogens is 1. The molecular weight excluding hydrogens is 268 g/mol. The molecule has 0 aliphatic rings. The summed E-state index contributed by atoms with van der Waals surface area (Å²) in [4.78, 5) is 8.44. The Morgan fingerprint density at radius 3 is 3.00 bits per heavy atom. The maximum absolute atomic E-state index is 8.72. The van der Waals surface area contributed by atoms with Crippen LogP contribution in [0, 0.1) is 11.3 Å². The van der Waals surface area contributed by atoms with Crippen LogP contribution < -0.4 is 0 Å². The van der Waals surface area contributed by atoms with Gasteiger partial charge >= 0.3 is 0 Å². The summed E-state index contributed by atoms with van der Waals surface area (Å²) >= 11 is 3.36. The molecule has 0 aromatic carbocycles. The van der Waals surface area contributed by atoms with Gasteiger partial charge in [-0.1, -0.05) is 0 Å². The number of hydrogen-bond acceptors (Lipinski definition) is 3. The Morgan fingerprint density at radius 2 is 2.38 bits per heavy atom. The monoisotopic (exact) mass is 276 g/mol. The molecule has 2 aromatic heterocycles. The molecule has 0 saturated carbocycles. The summed E-state index contributed by atoms with van der Waals surface area (Å²) in [6, 6.07) is 5.93. The number of aromatic nitrogens is 3. The van der Waals surface area contributed by atoms with E-state index in [0.717, 1.165) is 21.7 Å². The lowest BCUT2D eigenvalue weighted by molar-refractivity contribution is 0.861. The SMILES string of the molecule is Cn1c(-c2cccnc2)nc(Br)c1CC#N. The second-order valence-corrected chi connectivity index (χ2v) is 4.06. The number of nitriles is 1. The van der Waals surface area contributed by atoms with Crippen molar-refractivity contribution in [3.63, 3.8) is 0 Å². The fourth-order valence-electron chi connectivity index (χ4n) is 1.52. The summed E-state index contributed by atoms with van der Waals surface area (Å²) in [5.74, 6) is 0.810. The lowest BCUT2D eigenvalue weighted by Gasteiger charge is -2.02. The van der Waals surface area contributed by atoms with Crippen molar-refractivity contribution in [1.82, 2.24) is 14.5 Å². The summed E-state index contributed by atoms with van der Waals surface area (Å²) < 4.78 is 2.63. The summed E-state index contributed by atoms with van der Waals surface area (Å²) in [6.45, 7) is 0. The molecule has 4 nitrogen and oxygen atoms in total. The lowest BCUT2D eigenvalue weighted by Crippen LogP contribution is -1.98. The second-order valence-electron chi connectivity index (χ2n) is 3.31. The zero-order valence-electron chi connectivity index (χ0n) is 8.68. The number of imidazole rings is 1. The van der Waals surface area contributed by atoms with Crippen molar-refractivity contribution in [3.05, 3.63) is 34.8 Å². The summed E-state index contributed by atoms with van der Waals surface area (Å²) in [6.07, 6.45) is 3.81. The van der Waals surface area contributed by atoms with Gasteiger partial charge in [0.05, 0.1) is 18.2 Å². The van der Waals surface area contributed by atoms with Gasteiger partial charge in [0.2, 0.25) is 0 Å². The van der Waals surface area contributed by atoms with Crippen LogP contribution in [0.2, 0.25) is 0 Å². The van der Waals surface area contributed by atoms with E-state index in [1.54, 1.807) is 12.4 Å². The standard InChI is InChI=1S/C11H9BrN4/c1-16-9(4-5-13)10(12)15-11(16)8-3-2-6-14-7-8/h2-3,6-7H,4H2,1H3. The van der Waals surface area contributed by atoms with Crippen LogP contribution in [0.1, 0.15) is 5.69 Å². The van der Waals surface area contributed by atoms with E-state index in [2.05, 4.69) is 32.0 Å². The Labute approximate surface area is 102 Å². The van der Waals surface area contributed by atoms with E-state index < -0.39 is 0 Å². The first-order chi connectivity index (χ1) is 7.74. The van der Waals surface area contributed by atoms with Crippen LogP contribution in [0.5, 0.6) is 0 Å². The first kappa shape index (κ1) is 10.8. The molecule has 16 heavy (non-hydrogen) atoms. The van der Waals surface area contributed by atoms with E-state index in [-0.39, 0.29) is 0 Å². The molecule has 0 bridgehead atoms. The van der Waals surface area contributed by atoms with Crippen molar-refractivity contribution >= 4 is 15.9 Å². The van der Waals surface area contributed by atoms with Gasteiger partial charge in [0.1, 0.15) is 10.4 Å². The highest BCUT2D eigenvalue weighted by Crippen LogP contribution is 2.24. The first-order valence-electron chi connectivity index (χ1n) is 4.72. The van der Waals surface area contributed by atoms with Gasteiger partial charge in [-0.05, 0) is 28.1 Å². The first-order valence-corrected chi connectivity index (χ1v) is 5.51. The molecule has 2 heterocycles. The molecule has 2 rings (SSSR count). The van der Waals surface area contributed by atoms with Gasteiger partial charge in [-0.3, -0.25) is 4.98 Å². The molecule has 0 amide bonds. The summed E-state index contributed by atoms with van der Waals surface area (Å²) in [5.41, 5.74) is 1.82. The quantitative estimate of drug-likeness (QED) is 0.846. The minimum Gasteiger partial charge on any atom is -0.329 e. The average molecular weight is 277 g/mol. The molecule has 0 saturated heterocycles. The molecule has 80 valence electrons. The van der Waals surface area contributed by atoms with E-state index in [9.17, 15) is 0 Å². The predicted octanol–water partition coefficient (Wildman–Crippen LogP) is 2.31. The van der Waals surface area contributed by atoms with Gasteiger partial charge < -0.3 is 4.57 Å². The van der Waals surface area contributed by atoms with Gasteiger partial charge in [-0.25, -0.2) is 4.98 Å². The van der Waals surface area contributed by atoms with Crippen molar-refractivity contribution in [3.8, 4) is 17.5 Å². The Bertz CT molecular complexity index is 539. The highest BCUT2D eigenvalue weighted by atomic mass is 79.9. The topological polar surface area (TPSA) is 54.5 Å². The third kappa shape index (κ3) is 1.84. The van der Waals surface area contributed by atoms with Crippen LogP contribution in [0.25, 0.3) is 11.4 Å². The summed E-state index contributed by atoms with van der Waals surface area (Å²) in [7, 11) is 1.90. The van der Waals surface area contributed by atoms with Gasteiger partial charge in [-0.2, -0.15) is 5.26 Å². The molecule has 0 fully saturated rings. The zero-order valence-corrected chi connectivity index (χ0v) is 10.3. The molecule has 0 atom stereocenters. The Kier molecular flexibility index (Phi) is 3.02. The number of pyridine rings is 1. The van der Waals surface area contributed by atoms with Gasteiger partial charge in [0.15, 0.2) is 0 Å². The largest absolute Gasteiger partial charge is 0.329 e. The molecule has 5 heteroatoms. The molecule has 0 radical (unpaired) electrons. The maximum atomic E-state index is 8.72. The van der Waals surface area contributed by atoms with E-state index in [4.69, 9.17) is 5.26 Å². The second kappa shape index (κ2) is 4.45. The third-order valence-electron chi connectivity index (χ3n) is 2.33. The van der Waals surface area contributed by atoms with E-state index in [1.807, 2.05) is 23.7 Å². The minimum atomic E-state index is 0.338. The Balaban J connectivity index is 2.53. The molecular formula is C11H9BrN4. The van der Waals surface area contributed by atoms with Gasteiger partial charge in [0, 0.05) is 25.0 Å². The highest BCUT2D eigenvalue weighted by Gasteiger charge is 2.13. The van der Waals surface area contributed by atoms with Crippen molar-refractivity contribution in [2.45, 2.75) is 6.42 Å². The van der Waals surface area contributed by atoms with E-state index in [0.29, 0.717) is 6.42 Å². The average Bonchev–Trinajstić information content (AvgIpc) is 2.59. The Hall–Kier alpha value is -1.67. The van der Waals surface area contributed by atoms with Crippen LogP contribution >= 0.6 is 15.9 Å². The van der Waals surface area contributed by atoms with E-state index >= 15 is 0 Å². The molecule has 0 aliphatic heterocycles. The summed E-state index contributed by atoms with van der Waals surface area (Å²) in [5, 5.41) is 8.72. The van der Waals surface area contributed by atoms with Gasteiger partial charge in [0.25, 0.3) is 0 Å². The van der Waals surface area contributed by atoms with Crippen molar-refractivity contribution in [2.75, 3.05) is 0 Å². The third-order valence-corrected chi connectivity index (χ3v) is 2.97. The van der Waals surface area contributed by atoms with E-state index in [1.165, 1.54) is 0 Å². The Morgan fingerprint density at radius 1 is 1.56 bits per heavy atom.